The molecule has 0 saturated carbocycles. The maximum absolute atomic E-state index is 12.4. The van der Waals surface area contributed by atoms with Crippen molar-refractivity contribution in [2.45, 2.75) is 25.7 Å². The third-order valence-electron chi connectivity index (χ3n) is 4.66. The molecule has 1 aliphatic heterocycles. The van der Waals surface area contributed by atoms with Crippen LogP contribution in [-0.2, 0) is 4.74 Å². The molecule has 2 N–H and O–H groups in total. The molecule has 0 unspecified atom stereocenters. The Kier molecular flexibility index (Phi) is 4.36. The molecule has 3 atom stereocenters. The van der Waals surface area contributed by atoms with Crippen molar-refractivity contribution in [3.05, 3.63) is 48.5 Å². The molecule has 8 heteroatoms. The van der Waals surface area contributed by atoms with E-state index in [4.69, 9.17) is 4.74 Å². The Balaban J connectivity index is 1.63. The number of aliphatic hydroxyl groups is 1. The largest absolute Gasteiger partial charge is 0.394 e. The van der Waals surface area contributed by atoms with E-state index in [1.54, 1.807) is 30.6 Å². The van der Waals surface area contributed by atoms with Crippen molar-refractivity contribution in [2.24, 2.45) is 5.92 Å². The fourth-order valence-corrected chi connectivity index (χ4v) is 3.19. The molecule has 26 heavy (non-hydrogen) atoms. The molecule has 1 fully saturated rings. The molecular formula is C18H19N5O3. The predicted octanol–water partition coefficient (Wildman–Crippen LogP) is 1.99. The summed E-state index contributed by atoms with van der Waals surface area (Å²) in [5.74, 6) is 0.333. The van der Waals surface area contributed by atoms with Gasteiger partial charge >= 0.3 is 0 Å². The van der Waals surface area contributed by atoms with E-state index in [2.05, 4.69) is 20.3 Å². The van der Waals surface area contributed by atoms with Gasteiger partial charge in [0, 0.05) is 5.56 Å². The van der Waals surface area contributed by atoms with Crippen LogP contribution in [0.1, 0.15) is 29.9 Å². The van der Waals surface area contributed by atoms with E-state index in [0.29, 0.717) is 22.5 Å². The van der Waals surface area contributed by atoms with E-state index >= 15 is 0 Å². The van der Waals surface area contributed by atoms with Gasteiger partial charge in [0.15, 0.2) is 17.0 Å². The van der Waals surface area contributed by atoms with Gasteiger partial charge in [-0.05, 0) is 24.5 Å². The normalized spacial score (nSPS) is 22.6. The summed E-state index contributed by atoms with van der Waals surface area (Å²) in [7, 11) is 0. The highest BCUT2D eigenvalue weighted by Gasteiger charge is 2.33. The van der Waals surface area contributed by atoms with Crippen LogP contribution in [0, 0.1) is 5.92 Å². The molecule has 3 heterocycles. The molecule has 134 valence electrons. The van der Waals surface area contributed by atoms with E-state index in [1.807, 2.05) is 17.6 Å². The Labute approximate surface area is 149 Å². The van der Waals surface area contributed by atoms with Crippen LogP contribution in [0.3, 0.4) is 0 Å². The summed E-state index contributed by atoms with van der Waals surface area (Å²) in [4.78, 5) is 25.2. The molecule has 1 aromatic carbocycles. The van der Waals surface area contributed by atoms with Gasteiger partial charge in [0.1, 0.15) is 12.6 Å². The molecule has 0 spiro atoms. The zero-order valence-corrected chi connectivity index (χ0v) is 14.2. The van der Waals surface area contributed by atoms with Crippen LogP contribution >= 0.6 is 0 Å². The summed E-state index contributed by atoms with van der Waals surface area (Å²) < 4.78 is 7.71. The number of ether oxygens (including phenoxy) is 1. The van der Waals surface area contributed by atoms with Crippen LogP contribution in [0.4, 0.5) is 5.82 Å². The van der Waals surface area contributed by atoms with Crippen molar-refractivity contribution in [3.63, 3.8) is 0 Å². The Bertz CT molecular complexity index is 927. The summed E-state index contributed by atoms with van der Waals surface area (Å²) in [5.41, 5.74) is 1.62. The van der Waals surface area contributed by atoms with Crippen LogP contribution in [0.5, 0.6) is 0 Å². The summed E-state index contributed by atoms with van der Waals surface area (Å²) in [6, 6.07) is 8.92. The van der Waals surface area contributed by atoms with Crippen LogP contribution in [0.15, 0.2) is 43.0 Å². The zero-order valence-electron chi connectivity index (χ0n) is 14.2. The molecule has 1 aliphatic rings. The number of aliphatic hydroxyl groups excluding tert-OH is 1. The van der Waals surface area contributed by atoms with Gasteiger partial charge in [-0.3, -0.25) is 9.36 Å². The average molecular weight is 353 g/mol. The minimum Gasteiger partial charge on any atom is -0.394 e. The van der Waals surface area contributed by atoms with Crippen LogP contribution < -0.4 is 5.32 Å². The number of carbonyl (C=O) groups excluding carboxylic acids is 1. The van der Waals surface area contributed by atoms with Crippen LogP contribution in [0.2, 0.25) is 0 Å². The fraction of sp³-hybridized carbons (Fsp3) is 0.333. The number of nitrogens with one attached hydrogen (secondary N) is 1. The highest BCUT2D eigenvalue weighted by molar-refractivity contribution is 6.06. The molecule has 8 nitrogen and oxygen atoms in total. The molecule has 1 saturated heterocycles. The highest BCUT2D eigenvalue weighted by atomic mass is 16.5. The number of amides is 1. The summed E-state index contributed by atoms with van der Waals surface area (Å²) >= 11 is 0. The number of rotatable bonds is 4. The number of anilines is 1. The van der Waals surface area contributed by atoms with E-state index in [0.717, 1.165) is 6.42 Å². The van der Waals surface area contributed by atoms with Gasteiger partial charge in [-0.15, -0.1) is 0 Å². The van der Waals surface area contributed by atoms with Crippen molar-refractivity contribution in [2.75, 3.05) is 11.9 Å². The quantitative estimate of drug-likeness (QED) is 0.744. The Morgan fingerprint density at radius 3 is 2.85 bits per heavy atom. The average Bonchev–Trinajstić information content (AvgIpc) is 3.26. The smallest absolute Gasteiger partial charge is 0.256 e. The van der Waals surface area contributed by atoms with Crippen molar-refractivity contribution >= 4 is 22.9 Å². The van der Waals surface area contributed by atoms with E-state index in [9.17, 15) is 9.90 Å². The Morgan fingerprint density at radius 1 is 1.31 bits per heavy atom. The molecule has 2 aromatic heterocycles. The second kappa shape index (κ2) is 6.81. The molecule has 3 aromatic rings. The number of carbonyl (C=O) groups is 1. The molecule has 1 amide bonds. The first-order chi connectivity index (χ1) is 12.7. The number of hydrogen-bond acceptors (Lipinski definition) is 6. The second-order valence-electron chi connectivity index (χ2n) is 6.39. The van der Waals surface area contributed by atoms with Crippen LogP contribution in [-0.4, -0.2) is 43.2 Å². The molecular weight excluding hydrogens is 334 g/mol. The maximum atomic E-state index is 12.4. The number of benzene rings is 1. The first kappa shape index (κ1) is 16.6. The zero-order chi connectivity index (χ0) is 18.1. The summed E-state index contributed by atoms with van der Waals surface area (Å²) in [5, 5.41) is 12.2. The lowest BCUT2D eigenvalue weighted by Gasteiger charge is -2.14. The van der Waals surface area contributed by atoms with Gasteiger partial charge in [-0.1, -0.05) is 25.1 Å². The van der Waals surface area contributed by atoms with Gasteiger partial charge < -0.3 is 15.2 Å². The molecule has 4 rings (SSSR count). The second-order valence-corrected chi connectivity index (χ2v) is 6.39. The first-order valence-corrected chi connectivity index (χ1v) is 8.47. The van der Waals surface area contributed by atoms with Crippen molar-refractivity contribution in [3.8, 4) is 0 Å². The first-order valence-electron chi connectivity index (χ1n) is 8.47. The van der Waals surface area contributed by atoms with Crippen molar-refractivity contribution in [1.82, 2.24) is 19.5 Å². The lowest BCUT2D eigenvalue weighted by Crippen LogP contribution is -2.18. The van der Waals surface area contributed by atoms with Gasteiger partial charge in [0.25, 0.3) is 5.91 Å². The number of nitrogens with zero attached hydrogens (tertiary/aromatic N) is 4. The van der Waals surface area contributed by atoms with Gasteiger partial charge in [-0.25, -0.2) is 15.0 Å². The monoisotopic (exact) mass is 353 g/mol. The lowest BCUT2D eigenvalue weighted by molar-refractivity contribution is -0.0277. The fourth-order valence-electron chi connectivity index (χ4n) is 3.19. The lowest BCUT2D eigenvalue weighted by atomic mass is 10.0. The Hall–Kier alpha value is -2.84. The van der Waals surface area contributed by atoms with E-state index in [-0.39, 0.29) is 30.8 Å². The predicted molar refractivity (Wildman–Crippen MR) is 94.5 cm³/mol. The van der Waals surface area contributed by atoms with E-state index in [1.165, 1.54) is 6.33 Å². The van der Waals surface area contributed by atoms with E-state index < -0.39 is 0 Å². The SMILES string of the molecule is C[C@@H]1C[C@H](n2cnc3c(NC(=O)c4ccccc4)ncnc32)O[C@@H]1CO. The van der Waals surface area contributed by atoms with Gasteiger partial charge in [0.2, 0.25) is 0 Å². The third-order valence-corrected chi connectivity index (χ3v) is 4.66. The molecule has 0 aliphatic carbocycles. The molecule has 0 radical (unpaired) electrons. The Morgan fingerprint density at radius 2 is 2.12 bits per heavy atom. The minimum absolute atomic E-state index is 0.0162. The maximum Gasteiger partial charge on any atom is 0.256 e. The topological polar surface area (TPSA) is 102 Å². The van der Waals surface area contributed by atoms with Crippen molar-refractivity contribution in [1.29, 1.82) is 0 Å². The number of imidazole rings is 1. The third kappa shape index (κ3) is 2.93. The standard InChI is InChI=1S/C18H19N5O3/c1-11-7-14(26-13(11)8-24)23-10-21-15-16(19-9-20-17(15)23)22-18(25)12-5-3-2-4-6-12/h2-6,9-11,13-14,24H,7-8H2,1H3,(H,19,20,22,25)/t11-,13-,14-/m1/s1. The molecule has 0 bridgehead atoms. The highest BCUT2D eigenvalue weighted by Crippen LogP contribution is 2.34. The summed E-state index contributed by atoms with van der Waals surface area (Å²) in [6.45, 7) is 2.03. The van der Waals surface area contributed by atoms with Gasteiger partial charge in [0.05, 0.1) is 19.0 Å². The van der Waals surface area contributed by atoms with Crippen LogP contribution in [0.25, 0.3) is 11.2 Å². The number of hydrogen-bond donors (Lipinski definition) is 2. The number of aromatic nitrogens is 4. The number of fused-ring (bicyclic) bond motifs is 1. The minimum atomic E-state index is -0.258. The van der Waals surface area contributed by atoms with Crippen molar-refractivity contribution < 1.29 is 14.6 Å². The van der Waals surface area contributed by atoms with Gasteiger partial charge in [-0.2, -0.15) is 0 Å². The summed E-state index contributed by atoms with van der Waals surface area (Å²) in [6.07, 6.45) is 3.33.